The zero-order valence-corrected chi connectivity index (χ0v) is 8.66. The fourth-order valence-corrected chi connectivity index (χ4v) is 1.15. The summed E-state index contributed by atoms with van der Waals surface area (Å²) in [6.07, 6.45) is 2.84. The Morgan fingerprint density at radius 3 is 2.86 bits per heavy atom. The predicted molar refractivity (Wildman–Crippen MR) is 54.4 cm³/mol. The first-order valence-electron chi connectivity index (χ1n) is 4.43. The van der Waals surface area contributed by atoms with Crippen molar-refractivity contribution in [2.24, 2.45) is 5.92 Å². The van der Waals surface area contributed by atoms with Crippen LogP contribution in [-0.2, 0) is 11.2 Å². The highest BCUT2D eigenvalue weighted by Gasteiger charge is 2.10. The molecule has 0 saturated heterocycles. The maximum atomic E-state index is 10.5. The number of carboxylic acid groups (broad SMARTS) is 1. The van der Waals surface area contributed by atoms with E-state index >= 15 is 0 Å². The van der Waals surface area contributed by atoms with Crippen molar-refractivity contribution in [2.45, 2.75) is 19.8 Å². The van der Waals surface area contributed by atoms with Gasteiger partial charge in [-0.15, -0.1) is 0 Å². The van der Waals surface area contributed by atoms with Crippen molar-refractivity contribution in [3.63, 3.8) is 0 Å². The summed E-state index contributed by atoms with van der Waals surface area (Å²) in [5, 5.41) is 9.26. The molecule has 0 amide bonds. The zero-order valence-electron chi connectivity index (χ0n) is 7.90. The Morgan fingerprint density at radius 1 is 1.64 bits per heavy atom. The van der Waals surface area contributed by atoms with E-state index < -0.39 is 5.97 Å². The largest absolute Gasteiger partial charge is 0.481 e. The van der Waals surface area contributed by atoms with Gasteiger partial charge >= 0.3 is 5.97 Å². The third-order valence-corrected chi connectivity index (χ3v) is 2.27. The molecule has 0 radical (unpaired) electrons. The van der Waals surface area contributed by atoms with E-state index in [0.717, 1.165) is 5.69 Å². The molecule has 1 unspecified atom stereocenters. The molecule has 3 nitrogen and oxygen atoms in total. The van der Waals surface area contributed by atoms with Gasteiger partial charge in [-0.1, -0.05) is 18.5 Å². The summed E-state index contributed by atoms with van der Waals surface area (Å²) >= 11 is 5.67. The van der Waals surface area contributed by atoms with Gasteiger partial charge < -0.3 is 5.11 Å². The van der Waals surface area contributed by atoms with E-state index in [4.69, 9.17) is 16.7 Å². The summed E-state index contributed by atoms with van der Waals surface area (Å²) in [6.45, 7) is 1.69. The summed E-state index contributed by atoms with van der Waals surface area (Å²) in [4.78, 5) is 14.6. The number of halogens is 1. The Hall–Kier alpha value is -1.09. The fourth-order valence-electron chi connectivity index (χ4n) is 1.04. The van der Waals surface area contributed by atoms with Gasteiger partial charge in [0.1, 0.15) is 0 Å². The lowest BCUT2D eigenvalue weighted by atomic mass is 10.0. The van der Waals surface area contributed by atoms with Gasteiger partial charge in [0.2, 0.25) is 0 Å². The average Bonchev–Trinajstić information content (AvgIpc) is 2.16. The summed E-state index contributed by atoms with van der Waals surface area (Å²) in [5.74, 6) is -1.09. The molecule has 1 rings (SSSR count). The number of aliphatic carboxylic acids is 1. The van der Waals surface area contributed by atoms with Crippen molar-refractivity contribution >= 4 is 17.6 Å². The Bertz CT molecular complexity index is 310. The molecule has 1 aromatic rings. The molecule has 4 heteroatoms. The van der Waals surface area contributed by atoms with E-state index in [2.05, 4.69) is 4.98 Å². The maximum absolute atomic E-state index is 10.5. The molecule has 14 heavy (non-hydrogen) atoms. The van der Waals surface area contributed by atoms with Crippen LogP contribution in [0.25, 0.3) is 0 Å². The zero-order chi connectivity index (χ0) is 10.6. The van der Waals surface area contributed by atoms with Gasteiger partial charge in [-0.3, -0.25) is 9.78 Å². The highest BCUT2D eigenvalue weighted by atomic mass is 35.5. The molecule has 1 N–H and O–H groups in total. The minimum Gasteiger partial charge on any atom is -0.481 e. The monoisotopic (exact) mass is 213 g/mol. The number of pyridine rings is 1. The van der Waals surface area contributed by atoms with Crippen LogP contribution in [0, 0.1) is 5.92 Å². The molecule has 76 valence electrons. The van der Waals surface area contributed by atoms with E-state index in [0.29, 0.717) is 17.9 Å². The molecule has 0 aliphatic rings. The van der Waals surface area contributed by atoms with Gasteiger partial charge in [0, 0.05) is 11.9 Å². The molecule has 0 spiro atoms. The van der Waals surface area contributed by atoms with Crippen LogP contribution < -0.4 is 0 Å². The van der Waals surface area contributed by atoms with Crippen LogP contribution in [0.4, 0.5) is 0 Å². The topological polar surface area (TPSA) is 50.2 Å². The van der Waals surface area contributed by atoms with Crippen molar-refractivity contribution in [3.05, 3.63) is 29.0 Å². The minimum absolute atomic E-state index is 0.326. The Kier molecular flexibility index (Phi) is 3.89. The van der Waals surface area contributed by atoms with Crippen LogP contribution in [0.2, 0.25) is 5.02 Å². The SMILES string of the molecule is CC(CCc1ccc(Cl)cn1)C(=O)O. The molecular weight excluding hydrogens is 202 g/mol. The van der Waals surface area contributed by atoms with E-state index in [1.54, 1.807) is 19.2 Å². The molecule has 0 fully saturated rings. The molecule has 1 heterocycles. The van der Waals surface area contributed by atoms with Crippen LogP contribution in [-0.4, -0.2) is 16.1 Å². The number of hydrogen-bond donors (Lipinski definition) is 1. The number of carbonyl (C=O) groups is 1. The number of rotatable bonds is 4. The first-order chi connectivity index (χ1) is 6.59. The normalized spacial score (nSPS) is 12.4. The van der Waals surface area contributed by atoms with Crippen LogP contribution in [0.15, 0.2) is 18.3 Å². The quantitative estimate of drug-likeness (QED) is 0.836. The van der Waals surface area contributed by atoms with Gasteiger partial charge in [0.05, 0.1) is 10.9 Å². The van der Waals surface area contributed by atoms with Crippen LogP contribution >= 0.6 is 11.6 Å². The summed E-state index contributed by atoms with van der Waals surface area (Å²) in [6, 6.07) is 3.58. The molecule has 0 aromatic carbocycles. The summed E-state index contributed by atoms with van der Waals surface area (Å²) in [7, 11) is 0. The smallest absolute Gasteiger partial charge is 0.306 e. The maximum Gasteiger partial charge on any atom is 0.306 e. The second kappa shape index (κ2) is 4.96. The lowest BCUT2D eigenvalue weighted by Gasteiger charge is -2.04. The van der Waals surface area contributed by atoms with Gasteiger partial charge in [0.25, 0.3) is 0 Å². The standard InChI is InChI=1S/C10H12ClNO2/c1-7(10(13)14)2-4-9-5-3-8(11)6-12-9/h3,5-7H,2,4H2,1H3,(H,13,14). The third-order valence-electron chi connectivity index (χ3n) is 2.04. The minimum atomic E-state index is -0.765. The van der Waals surface area contributed by atoms with Gasteiger partial charge in [-0.2, -0.15) is 0 Å². The van der Waals surface area contributed by atoms with E-state index in [1.807, 2.05) is 6.07 Å². The lowest BCUT2D eigenvalue weighted by Crippen LogP contribution is -2.10. The first kappa shape index (κ1) is 11.0. The summed E-state index contributed by atoms with van der Waals surface area (Å²) in [5.41, 5.74) is 0.877. The third kappa shape index (κ3) is 3.34. The highest BCUT2D eigenvalue weighted by molar-refractivity contribution is 6.30. The van der Waals surface area contributed by atoms with Crippen molar-refractivity contribution in [2.75, 3.05) is 0 Å². The fraction of sp³-hybridized carbons (Fsp3) is 0.400. The molecule has 1 atom stereocenters. The van der Waals surface area contributed by atoms with Gasteiger partial charge in [-0.05, 0) is 25.0 Å². The van der Waals surface area contributed by atoms with E-state index in [9.17, 15) is 4.79 Å². The van der Waals surface area contributed by atoms with Crippen LogP contribution in [0.3, 0.4) is 0 Å². The summed E-state index contributed by atoms with van der Waals surface area (Å²) < 4.78 is 0. The van der Waals surface area contributed by atoms with E-state index in [-0.39, 0.29) is 5.92 Å². The highest BCUT2D eigenvalue weighted by Crippen LogP contribution is 2.10. The number of aryl methyl sites for hydroxylation is 1. The van der Waals surface area contributed by atoms with Gasteiger partial charge in [0.15, 0.2) is 0 Å². The second-order valence-electron chi connectivity index (χ2n) is 3.25. The second-order valence-corrected chi connectivity index (χ2v) is 3.68. The Balaban J connectivity index is 2.46. The molecule has 0 aliphatic carbocycles. The van der Waals surface area contributed by atoms with Gasteiger partial charge in [-0.25, -0.2) is 0 Å². The lowest BCUT2D eigenvalue weighted by molar-refractivity contribution is -0.141. The predicted octanol–water partition coefficient (Wildman–Crippen LogP) is 2.39. The molecule has 0 aliphatic heterocycles. The number of nitrogens with zero attached hydrogens (tertiary/aromatic N) is 1. The molecule has 0 bridgehead atoms. The number of carboxylic acids is 1. The molecule has 1 aromatic heterocycles. The Labute approximate surface area is 87.7 Å². The average molecular weight is 214 g/mol. The Morgan fingerprint density at radius 2 is 2.36 bits per heavy atom. The number of aromatic nitrogens is 1. The first-order valence-corrected chi connectivity index (χ1v) is 4.80. The van der Waals surface area contributed by atoms with Crippen molar-refractivity contribution in [3.8, 4) is 0 Å². The van der Waals surface area contributed by atoms with Crippen LogP contribution in [0.1, 0.15) is 19.0 Å². The molecular formula is C10H12ClNO2. The van der Waals surface area contributed by atoms with Crippen LogP contribution in [0.5, 0.6) is 0 Å². The van der Waals surface area contributed by atoms with Crippen molar-refractivity contribution < 1.29 is 9.90 Å². The van der Waals surface area contributed by atoms with Crippen molar-refractivity contribution in [1.29, 1.82) is 0 Å². The van der Waals surface area contributed by atoms with Crippen molar-refractivity contribution in [1.82, 2.24) is 4.98 Å². The molecule has 0 saturated carbocycles. The number of hydrogen-bond acceptors (Lipinski definition) is 2. The van der Waals surface area contributed by atoms with E-state index in [1.165, 1.54) is 0 Å².